The summed E-state index contributed by atoms with van der Waals surface area (Å²) in [5.74, 6) is 1.23. The summed E-state index contributed by atoms with van der Waals surface area (Å²) in [4.78, 5) is 0. The molecule has 0 saturated carbocycles. The van der Waals surface area contributed by atoms with Gasteiger partial charge in [0.05, 0.1) is 18.0 Å². The van der Waals surface area contributed by atoms with E-state index in [1.54, 1.807) is 31.4 Å². The smallest absolute Gasteiger partial charge is 0.250 e. The van der Waals surface area contributed by atoms with Crippen LogP contribution in [-0.4, -0.2) is 22.6 Å². The number of sulfonamides is 1. The Balaban J connectivity index is 2.21. The average Bonchev–Trinajstić information content (AvgIpc) is 2.85. The summed E-state index contributed by atoms with van der Waals surface area (Å²) < 4.78 is 39.2. The summed E-state index contributed by atoms with van der Waals surface area (Å²) in [5.41, 5.74) is 0.695. The van der Waals surface area contributed by atoms with E-state index < -0.39 is 10.0 Å². The van der Waals surface area contributed by atoms with Crippen molar-refractivity contribution < 1.29 is 17.9 Å². The zero-order valence-electron chi connectivity index (χ0n) is 11.7. The zero-order chi connectivity index (χ0) is 16.3. The monoisotopic (exact) mass is 469 g/mol. The van der Waals surface area contributed by atoms with Crippen LogP contribution in [0.5, 0.6) is 11.5 Å². The topological polar surface area (TPSA) is 64.6 Å². The number of thiophene rings is 1. The molecule has 2 rings (SSSR count). The van der Waals surface area contributed by atoms with Gasteiger partial charge in [-0.2, -0.15) is 0 Å². The van der Waals surface area contributed by atoms with Gasteiger partial charge < -0.3 is 9.47 Å². The van der Waals surface area contributed by atoms with Crippen molar-refractivity contribution in [3.63, 3.8) is 0 Å². The molecule has 0 fully saturated rings. The van der Waals surface area contributed by atoms with Crippen molar-refractivity contribution in [3.8, 4) is 11.5 Å². The van der Waals surface area contributed by atoms with Crippen LogP contribution in [0.2, 0.25) is 0 Å². The van der Waals surface area contributed by atoms with Gasteiger partial charge in [-0.25, -0.2) is 13.1 Å². The van der Waals surface area contributed by atoms with Crippen LogP contribution >= 0.6 is 43.2 Å². The third-order valence-electron chi connectivity index (χ3n) is 2.83. The number of hydrogen-bond acceptors (Lipinski definition) is 5. The highest BCUT2D eigenvalue weighted by atomic mass is 79.9. The van der Waals surface area contributed by atoms with Crippen molar-refractivity contribution in [1.82, 2.24) is 4.72 Å². The summed E-state index contributed by atoms with van der Waals surface area (Å²) in [6, 6.07) is 6.78. The predicted octanol–water partition coefficient (Wildman–Crippen LogP) is 3.77. The Morgan fingerprint density at radius 2 is 1.91 bits per heavy atom. The fraction of sp³-hybridized carbons (Fsp3) is 0.231. The molecule has 0 spiro atoms. The van der Waals surface area contributed by atoms with Crippen molar-refractivity contribution in [2.75, 3.05) is 14.2 Å². The highest BCUT2D eigenvalue weighted by Gasteiger charge is 2.19. The highest BCUT2D eigenvalue weighted by molar-refractivity contribution is 9.13. The lowest BCUT2D eigenvalue weighted by Gasteiger charge is -2.11. The summed E-state index contributed by atoms with van der Waals surface area (Å²) in [6.45, 7) is 0.107. The van der Waals surface area contributed by atoms with E-state index in [2.05, 4.69) is 36.6 Å². The van der Waals surface area contributed by atoms with Crippen molar-refractivity contribution in [2.45, 2.75) is 10.8 Å². The molecule has 1 aromatic heterocycles. The molecule has 0 aliphatic carbocycles. The average molecular weight is 471 g/mol. The van der Waals surface area contributed by atoms with Gasteiger partial charge in [-0.3, -0.25) is 0 Å². The first-order chi connectivity index (χ1) is 10.4. The minimum Gasteiger partial charge on any atom is -0.497 e. The van der Waals surface area contributed by atoms with Crippen LogP contribution in [-0.2, 0) is 16.6 Å². The molecule has 0 atom stereocenters. The second kappa shape index (κ2) is 7.31. The van der Waals surface area contributed by atoms with Gasteiger partial charge in [-0.15, -0.1) is 11.3 Å². The minimum absolute atomic E-state index is 0.107. The largest absolute Gasteiger partial charge is 0.497 e. The first kappa shape index (κ1) is 17.7. The maximum Gasteiger partial charge on any atom is 0.250 e. The summed E-state index contributed by atoms with van der Waals surface area (Å²) >= 11 is 7.71. The van der Waals surface area contributed by atoms with E-state index in [0.29, 0.717) is 21.5 Å². The number of halogens is 2. The molecule has 0 radical (unpaired) electrons. The number of benzene rings is 1. The van der Waals surface area contributed by atoms with Crippen molar-refractivity contribution in [2.24, 2.45) is 0 Å². The Kier molecular flexibility index (Phi) is 5.89. The molecular formula is C13H13Br2NO4S2. The number of hydrogen-bond donors (Lipinski definition) is 1. The molecular weight excluding hydrogens is 458 g/mol. The zero-order valence-corrected chi connectivity index (χ0v) is 16.5. The molecule has 5 nitrogen and oxygen atoms in total. The standard InChI is InChI=1S/C13H13Br2NO4S2/c1-19-9-3-4-11(20-2)8(5-9)7-16-22(17,18)12-6-10(14)13(15)21-12/h3-6,16H,7H2,1-2H3. The first-order valence-electron chi connectivity index (χ1n) is 6.03. The molecule has 0 bridgehead atoms. The Morgan fingerprint density at radius 3 is 2.45 bits per heavy atom. The first-order valence-corrected chi connectivity index (χ1v) is 9.91. The number of ether oxygens (including phenoxy) is 2. The normalized spacial score (nSPS) is 11.5. The fourth-order valence-electron chi connectivity index (χ4n) is 1.72. The third-order valence-corrected chi connectivity index (χ3v) is 7.96. The van der Waals surface area contributed by atoms with Crippen LogP contribution in [0.3, 0.4) is 0 Å². The molecule has 1 N–H and O–H groups in total. The van der Waals surface area contributed by atoms with E-state index in [1.807, 2.05) is 0 Å². The Hall–Kier alpha value is -0.610. The number of methoxy groups -OCH3 is 2. The second-order valence-electron chi connectivity index (χ2n) is 4.19. The number of nitrogens with one attached hydrogen (secondary N) is 1. The molecule has 1 aromatic carbocycles. The molecule has 0 aliphatic rings. The highest BCUT2D eigenvalue weighted by Crippen LogP contribution is 2.35. The van der Waals surface area contributed by atoms with Gasteiger partial charge in [0.1, 0.15) is 15.7 Å². The van der Waals surface area contributed by atoms with E-state index in [0.717, 1.165) is 15.1 Å². The lowest BCUT2D eigenvalue weighted by molar-refractivity contribution is 0.398. The maximum atomic E-state index is 12.3. The van der Waals surface area contributed by atoms with Crippen LogP contribution in [0, 0.1) is 0 Å². The van der Waals surface area contributed by atoms with Crippen molar-refractivity contribution >= 4 is 53.2 Å². The van der Waals surface area contributed by atoms with Crippen LogP contribution in [0.15, 0.2) is 36.7 Å². The Morgan fingerprint density at radius 1 is 1.18 bits per heavy atom. The predicted molar refractivity (Wildman–Crippen MR) is 93.3 cm³/mol. The van der Waals surface area contributed by atoms with E-state index >= 15 is 0 Å². The summed E-state index contributed by atoms with van der Waals surface area (Å²) in [5, 5.41) is 0. The lowest BCUT2D eigenvalue weighted by Crippen LogP contribution is -2.22. The second-order valence-corrected chi connectivity index (χ2v) is 9.41. The van der Waals surface area contributed by atoms with Crippen LogP contribution in [0.4, 0.5) is 0 Å². The lowest BCUT2D eigenvalue weighted by atomic mass is 10.2. The van der Waals surface area contributed by atoms with Crippen molar-refractivity contribution in [1.29, 1.82) is 0 Å². The van der Waals surface area contributed by atoms with Crippen molar-refractivity contribution in [3.05, 3.63) is 38.1 Å². The van der Waals surface area contributed by atoms with Crippen LogP contribution < -0.4 is 14.2 Å². The van der Waals surface area contributed by atoms with E-state index in [1.165, 1.54) is 7.11 Å². The molecule has 120 valence electrons. The number of rotatable bonds is 6. The Bertz CT molecular complexity index is 755. The molecule has 2 aromatic rings. The van der Waals surface area contributed by atoms with E-state index in [9.17, 15) is 8.42 Å². The minimum atomic E-state index is -3.59. The van der Waals surface area contributed by atoms with E-state index in [-0.39, 0.29) is 10.8 Å². The fourth-order valence-corrected chi connectivity index (χ4v) is 5.59. The molecule has 0 amide bonds. The third kappa shape index (κ3) is 4.02. The molecule has 1 heterocycles. The van der Waals surface area contributed by atoms with Gasteiger partial charge in [0.25, 0.3) is 0 Å². The van der Waals surface area contributed by atoms with Crippen LogP contribution in [0.25, 0.3) is 0 Å². The van der Waals surface area contributed by atoms with Gasteiger partial charge in [-0.1, -0.05) is 0 Å². The molecule has 0 aliphatic heterocycles. The van der Waals surface area contributed by atoms with Gasteiger partial charge in [-0.05, 0) is 56.1 Å². The maximum absolute atomic E-state index is 12.3. The van der Waals surface area contributed by atoms with Gasteiger partial charge >= 0.3 is 0 Å². The van der Waals surface area contributed by atoms with Gasteiger partial charge in [0.15, 0.2) is 0 Å². The van der Waals surface area contributed by atoms with E-state index in [4.69, 9.17) is 9.47 Å². The van der Waals surface area contributed by atoms with Gasteiger partial charge in [0.2, 0.25) is 10.0 Å². The quantitative estimate of drug-likeness (QED) is 0.697. The molecule has 22 heavy (non-hydrogen) atoms. The van der Waals surface area contributed by atoms with Crippen LogP contribution in [0.1, 0.15) is 5.56 Å². The summed E-state index contributed by atoms with van der Waals surface area (Å²) in [6.07, 6.45) is 0. The summed E-state index contributed by atoms with van der Waals surface area (Å²) in [7, 11) is -0.505. The SMILES string of the molecule is COc1ccc(OC)c(CNS(=O)(=O)c2cc(Br)c(Br)s2)c1. The molecule has 0 unspecified atom stereocenters. The van der Waals surface area contributed by atoms with Gasteiger partial charge in [0, 0.05) is 16.6 Å². The molecule has 0 saturated heterocycles. The molecule has 9 heteroatoms. The Labute approximate surface area is 149 Å².